The number of esters is 1. The third kappa shape index (κ3) is 6.01. The minimum atomic E-state index is -2.10. The molecule has 0 aromatic rings. The predicted molar refractivity (Wildman–Crippen MR) is 91.8 cm³/mol. The average Bonchev–Trinajstić information content (AvgIpc) is 2.35. The van der Waals surface area contributed by atoms with Gasteiger partial charge in [-0.25, -0.2) is 4.79 Å². The van der Waals surface area contributed by atoms with Crippen molar-refractivity contribution in [3.05, 3.63) is 5.53 Å². The number of carbonyl (C=O) groups excluding carboxylic acids is 2. The minimum absolute atomic E-state index is 0.00417. The topological polar surface area (TPSA) is 89.0 Å². The first kappa shape index (κ1) is 21.7. The Hall–Kier alpha value is -1.30. The van der Waals surface area contributed by atoms with Gasteiger partial charge in [-0.3, -0.25) is 4.79 Å². The molecule has 0 rings (SSSR count). The fourth-order valence-electron chi connectivity index (χ4n) is 1.63. The van der Waals surface area contributed by atoms with Crippen molar-refractivity contribution in [2.24, 2.45) is 5.41 Å². The van der Waals surface area contributed by atoms with Gasteiger partial charge in [-0.05, 0) is 23.5 Å². The van der Waals surface area contributed by atoms with Gasteiger partial charge < -0.3 is 14.7 Å². The number of methoxy groups -OCH3 is 1. The lowest BCUT2D eigenvalue weighted by molar-refractivity contribution is -0.140. The van der Waals surface area contributed by atoms with E-state index < -0.39 is 31.9 Å². The second-order valence-corrected chi connectivity index (χ2v) is 13.1. The first-order chi connectivity index (χ1) is 10.2. The molecule has 0 heterocycles. The second kappa shape index (κ2) is 7.51. The highest BCUT2D eigenvalue weighted by atomic mass is 28.4. The number of nitrogens with zero attached hydrogens (tertiary/aromatic N) is 2. The molecular weight excluding hydrogens is 312 g/mol. The summed E-state index contributed by atoms with van der Waals surface area (Å²) in [4.78, 5) is 26.6. The smallest absolute Gasteiger partial charge is 0.441 e. The van der Waals surface area contributed by atoms with Gasteiger partial charge >= 0.3 is 11.7 Å². The van der Waals surface area contributed by atoms with E-state index in [2.05, 4.69) is 43.4 Å². The minimum Gasteiger partial charge on any atom is -0.460 e. The molecule has 0 fully saturated rings. The molecule has 7 heteroatoms. The molecule has 0 aromatic carbocycles. The fraction of sp³-hybridized carbons (Fsp3) is 0.812. The van der Waals surface area contributed by atoms with E-state index >= 15 is 0 Å². The Morgan fingerprint density at radius 1 is 1.13 bits per heavy atom. The summed E-state index contributed by atoms with van der Waals surface area (Å²) in [5.74, 6) is -1.53. The molecule has 0 aliphatic carbocycles. The molecule has 0 spiro atoms. The number of hydrogen-bond donors (Lipinski definition) is 0. The molecule has 0 aliphatic rings. The lowest BCUT2D eigenvalue weighted by Crippen LogP contribution is -2.48. The third-order valence-corrected chi connectivity index (χ3v) is 8.81. The van der Waals surface area contributed by atoms with Crippen LogP contribution in [-0.4, -0.2) is 43.8 Å². The molecule has 0 aliphatic heterocycles. The maximum absolute atomic E-state index is 12.3. The molecule has 1 atom stereocenters. The summed E-state index contributed by atoms with van der Waals surface area (Å²) in [7, 11) is -0.963. The maximum atomic E-state index is 12.3. The fourth-order valence-corrected chi connectivity index (χ4v) is 3.13. The van der Waals surface area contributed by atoms with E-state index in [0.29, 0.717) is 0 Å². The third-order valence-electron chi connectivity index (χ3n) is 4.32. The second-order valence-electron chi connectivity index (χ2n) is 8.30. The quantitative estimate of drug-likeness (QED) is 0.185. The van der Waals surface area contributed by atoms with Gasteiger partial charge in [0.15, 0.2) is 8.32 Å². The van der Waals surface area contributed by atoms with Gasteiger partial charge in [0.1, 0.15) is 0 Å². The van der Waals surface area contributed by atoms with E-state index in [9.17, 15) is 9.59 Å². The lowest BCUT2D eigenvalue weighted by Gasteiger charge is -2.43. The van der Waals surface area contributed by atoms with E-state index in [0.717, 1.165) is 7.11 Å². The van der Waals surface area contributed by atoms with Crippen LogP contribution in [0, 0.1) is 5.41 Å². The molecule has 6 nitrogen and oxygen atoms in total. The zero-order valence-corrected chi connectivity index (χ0v) is 16.8. The Labute approximate surface area is 140 Å². The SMILES string of the molecule is COC(=O)C(=[N+]=[N-])C(=O)CC(O[Si](C)(C)C(C)(C)C)C(C)(C)C. The van der Waals surface area contributed by atoms with E-state index in [1.54, 1.807) is 0 Å². The number of hydrogen-bond acceptors (Lipinski definition) is 4. The van der Waals surface area contributed by atoms with Crippen LogP contribution in [0.4, 0.5) is 0 Å². The summed E-state index contributed by atoms with van der Waals surface area (Å²) in [5.41, 5.74) is 8.01. The summed E-state index contributed by atoms with van der Waals surface area (Å²) >= 11 is 0. The van der Waals surface area contributed by atoms with E-state index in [-0.39, 0.29) is 16.9 Å². The maximum Gasteiger partial charge on any atom is 0.441 e. The van der Waals surface area contributed by atoms with Gasteiger partial charge in [-0.15, -0.1) is 0 Å². The summed E-state index contributed by atoms with van der Waals surface area (Å²) in [6.45, 7) is 16.5. The van der Waals surface area contributed by atoms with Gasteiger partial charge in [0.2, 0.25) is 0 Å². The zero-order valence-electron chi connectivity index (χ0n) is 15.8. The highest BCUT2D eigenvalue weighted by molar-refractivity contribution is 6.74. The Bertz CT molecular complexity index is 509. The van der Waals surface area contributed by atoms with Crippen molar-refractivity contribution >= 4 is 25.8 Å². The molecule has 0 saturated carbocycles. The molecule has 0 bridgehead atoms. The van der Waals surface area contributed by atoms with Crippen LogP contribution < -0.4 is 0 Å². The van der Waals surface area contributed by atoms with Crippen LogP contribution in [0.1, 0.15) is 48.0 Å². The van der Waals surface area contributed by atoms with E-state index in [4.69, 9.17) is 9.96 Å². The molecule has 0 saturated heterocycles. The van der Waals surface area contributed by atoms with Gasteiger partial charge in [0.05, 0.1) is 13.2 Å². The van der Waals surface area contributed by atoms with Crippen LogP contribution in [0.2, 0.25) is 18.1 Å². The summed E-state index contributed by atoms with van der Waals surface area (Å²) < 4.78 is 10.8. The van der Waals surface area contributed by atoms with Gasteiger partial charge in [0, 0.05) is 6.42 Å². The van der Waals surface area contributed by atoms with Crippen LogP contribution in [-0.2, 0) is 18.8 Å². The van der Waals surface area contributed by atoms with E-state index in [1.165, 1.54) is 0 Å². The van der Waals surface area contributed by atoms with Gasteiger partial charge in [-0.1, -0.05) is 41.5 Å². The monoisotopic (exact) mass is 342 g/mol. The highest BCUT2D eigenvalue weighted by Crippen LogP contribution is 2.40. The van der Waals surface area contributed by atoms with Crippen LogP contribution in [0.15, 0.2) is 0 Å². The van der Waals surface area contributed by atoms with Crippen molar-refractivity contribution < 1.29 is 23.5 Å². The molecule has 0 amide bonds. The van der Waals surface area contributed by atoms with Crippen molar-refractivity contribution in [2.45, 2.75) is 72.2 Å². The normalized spacial score (nSPS) is 14.0. The standard InChI is InChI=1S/C16H30N2O4Si/c1-15(2,3)12(22-23(8,9)16(4,5)6)10-11(19)13(18-17)14(20)21-7/h12H,10H2,1-9H3. The molecule has 132 valence electrons. The Balaban J connectivity index is 5.44. The Morgan fingerprint density at radius 3 is 1.91 bits per heavy atom. The summed E-state index contributed by atoms with van der Waals surface area (Å²) in [6, 6.07) is 0. The number of Topliss-reactive ketones (excluding diaryl/α,β-unsaturated/α-hetero) is 1. The van der Waals surface area contributed by atoms with Crippen LogP contribution in [0.25, 0.3) is 5.53 Å². The first-order valence-electron chi connectivity index (χ1n) is 7.68. The largest absolute Gasteiger partial charge is 0.460 e. The van der Waals surface area contributed by atoms with Crippen LogP contribution in [0.3, 0.4) is 0 Å². The van der Waals surface area contributed by atoms with Crippen molar-refractivity contribution in [1.29, 1.82) is 0 Å². The first-order valence-corrected chi connectivity index (χ1v) is 10.6. The predicted octanol–water partition coefficient (Wildman–Crippen LogP) is 3.23. The van der Waals surface area contributed by atoms with Gasteiger partial charge in [0.25, 0.3) is 5.78 Å². The van der Waals surface area contributed by atoms with E-state index in [1.807, 2.05) is 20.8 Å². The van der Waals surface area contributed by atoms with Gasteiger partial charge in [-0.2, -0.15) is 4.79 Å². The molecule has 1 unspecified atom stereocenters. The summed E-state index contributed by atoms with van der Waals surface area (Å²) in [6.07, 6.45) is -0.429. The Morgan fingerprint density at radius 2 is 1.61 bits per heavy atom. The number of rotatable bonds is 6. The van der Waals surface area contributed by atoms with Crippen molar-refractivity contribution in [1.82, 2.24) is 0 Å². The van der Waals surface area contributed by atoms with Crippen LogP contribution >= 0.6 is 0 Å². The molecule has 0 radical (unpaired) electrons. The van der Waals surface area contributed by atoms with Crippen molar-refractivity contribution in [3.63, 3.8) is 0 Å². The lowest BCUT2D eigenvalue weighted by atomic mass is 9.85. The molecule has 0 N–H and O–H groups in total. The number of ether oxygens (including phenoxy) is 1. The average molecular weight is 343 g/mol. The van der Waals surface area contributed by atoms with Crippen molar-refractivity contribution in [2.75, 3.05) is 7.11 Å². The number of carbonyl (C=O) groups is 2. The summed E-state index contributed by atoms with van der Waals surface area (Å²) in [5, 5.41) is -0.00417. The highest BCUT2D eigenvalue weighted by Gasteiger charge is 2.43. The Kier molecular flexibility index (Phi) is 7.09. The zero-order chi connectivity index (χ0) is 18.6. The van der Waals surface area contributed by atoms with Crippen LogP contribution in [0.5, 0.6) is 0 Å². The molecule has 0 aromatic heterocycles. The van der Waals surface area contributed by atoms with Crippen molar-refractivity contribution in [3.8, 4) is 0 Å². The molecule has 23 heavy (non-hydrogen) atoms. The molecular formula is C16H30N2O4Si. The number of ketones is 1.